The van der Waals surface area contributed by atoms with Gasteiger partial charge in [-0.05, 0) is 12.5 Å². The Morgan fingerprint density at radius 3 is 2.88 bits per heavy atom. The molecular formula is C7H9F. The van der Waals surface area contributed by atoms with Crippen LogP contribution in [0.15, 0.2) is 23.8 Å². The van der Waals surface area contributed by atoms with Crippen LogP contribution in [0.3, 0.4) is 0 Å². The van der Waals surface area contributed by atoms with E-state index >= 15 is 0 Å². The van der Waals surface area contributed by atoms with E-state index in [1.807, 2.05) is 25.2 Å². The first kappa shape index (κ1) is 5.54. The lowest BCUT2D eigenvalue weighted by Gasteiger charge is -2.07. The summed E-state index contributed by atoms with van der Waals surface area (Å²) in [5.41, 5.74) is 0.840. The van der Waals surface area contributed by atoms with Crippen molar-refractivity contribution in [1.29, 1.82) is 0 Å². The maximum atomic E-state index is 12.5. The minimum absolute atomic E-state index is 0.558. The van der Waals surface area contributed by atoms with E-state index in [2.05, 4.69) is 0 Å². The minimum atomic E-state index is -0.722. The summed E-state index contributed by atoms with van der Waals surface area (Å²) in [6.45, 7) is 1.81. The highest BCUT2D eigenvalue weighted by molar-refractivity contribution is 5.19. The lowest BCUT2D eigenvalue weighted by Crippen LogP contribution is -2.01. The maximum Gasteiger partial charge on any atom is 0.125 e. The first-order chi connectivity index (χ1) is 3.80. The molecule has 0 aromatic carbocycles. The van der Waals surface area contributed by atoms with Gasteiger partial charge in [-0.1, -0.05) is 18.2 Å². The third kappa shape index (κ3) is 0.971. The predicted octanol–water partition coefficient (Wildman–Crippen LogP) is 2.23. The fourth-order valence-electron chi connectivity index (χ4n) is 0.708. The zero-order chi connectivity index (χ0) is 5.98. The summed E-state index contributed by atoms with van der Waals surface area (Å²) in [6.07, 6.45) is 5.39. The third-order valence-electron chi connectivity index (χ3n) is 1.33. The summed E-state index contributed by atoms with van der Waals surface area (Å²) in [4.78, 5) is 0. The first-order valence-electron chi connectivity index (χ1n) is 2.78. The molecule has 1 aliphatic rings. The summed E-state index contributed by atoms with van der Waals surface area (Å²) in [5, 5.41) is 0. The molecule has 0 aliphatic heterocycles. The fourth-order valence-corrected chi connectivity index (χ4v) is 0.708. The molecule has 0 unspecified atom stereocenters. The number of halogens is 1. The van der Waals surface area contributed by atoms with Crippen LogP contribution < -0.4 is 0 Å². The summed E-state index contributed by atoms with van der Waals surface area (Å²) in [5.74, 6) is 0. The zero-order valence-electron chi connectivity index (χ0n) is 4.89. The fraction of sp³-hybridized carbons (Fsp3) is 0.429. The second kappa shape index (κ2) is 2.12. The summed E-state index contributed by atoms with van der Waals surface area (Å²) in [7, 11) is 0. The normalized spacial score (nSPS) is 27.8. The standard InChI is InChI=1S/C7H9F/c1-6-4-2-3-5-7(6)8/h2-4,7H,5H2,1H3/t7-/m0/s1. The van der Waals surface area contributed by atoms with Crippen LogP contribution in [0.1, 0.15) is 13.3 Å². The number of rotatable bonds is 0. The van der Waals surface area contributed by atoms with Gasteiger partial charge in [0.2, 0.25) is 0 Å². The topological polar surface area (TPSA) is 0 Å². The van der Waals surface area contributed by atoms with Crippen molar-refractivity contribution >= 4 is 0 Å². The molecule has 0 fully saturated rings. The van der Waals surface area contributed by atoms with Crippen LogP contribution in [0.5, 0.6) is 0 Å². The second-order valence-electron chi connectivity index (χ2n) is 2.04. The predicted molar refractivity (Wildman–Crippen MR) is 32.4 cm³/mol. The first-order valence-corrected chi connectivity index (χ1v) is 2.78. The van der Waals surface area contributed by atoms with Gasteiger partial charge in [0, 0.05) is 6.42 Å². The zero-order valence-corrected chi connectivity index (χ0v) is 4.89. The van der Waals surface area contributed by atoms with Crippen LogP contribution in [0, 0.1) is 0 Å². The summed E-state index contributed by atoms with van der Waals surface area (Å²) >= 11 is 0. The quantitative estimate of drug-likeness (QED) is 0.450. The minimum Gasteiger partial charge on any atom is -0.242 e. The van der Waals surface area contributed by atoms with Crippen molar-refractivity contribution in [2.75, 3.05) is 0 Å². The van der Waals surface area contributed by atoms with Crippen LogP contribution in [0.25, 0.3) is 0 Å². The molecule has 1 aliphatic carbocycles. The van der Waals surface area contributed by atoms with E-state index in [4.69, 9.17) is 0 Å². The van der Waals surface area contributed by atoms with Gasteiger partial charge in [-0.3, -0.25) is 0 Å². The Morgan fingerprint density at radius 2 is 2.50 bits per heavy atom. The molecule has 0 aromatic heterocycles. The number of hydrogen-bond donors (Lipinski definition) is 0. The smallest absolute Gasteiger partial charge is 0.125 e. The van der Waals surface area contributed by atoms with Crippen molar-refractivity contribution in [3.8, 4) is 0 Å². The second-order valence-corrected chi connectivity index (χ2v) is 2.04. The Hall–Kier alpha value is -0.590. The highest BCUT2D eigenvalue weighted by Gasteiger charge is 2.07. The van der Waals surface area contributed by atoms with Gasteiger partial charge < -0.3 is 0 Å². The third-order valence-corrected chi connectivity index (χ3v) is 1.33. The maximum absolute atomic E-state index is 12.5. The van der Waals surface area contributed by atoms with Crippen LogP contribution in [0.2, 0.25) is 0 Å². The number of hydrogen-bond acceptors (Lipinski definition) is 0. The van der Waals surface area contributed by atoms with Crippen LogP contribution >= 0.6 is 0 Å². The van der Waals surface area contributed by atoms with Crippen molar-refractivity contribution in [1.82, 2.24) is 0 Å². The van der Waals surface area contributed by atoms with Crippen LogP contribution in [0.4, 0.5) is 4.39 Å². The van der Waals surface area contributed by atoms with Gasteiger partial charge >= 0.3 is 0 Å². The molecule has 1 rings (SSSR count). The van der Waals surface area contributed by atoms with E-state index in [1.54, 1.807) is 0 Å². The Morgan fingerprint density at radius 1 is 1.75 bits per heavy atom. The highest BCUT2D eigenvalue weighted by atomic mass is 19.1. The molecule has 0 amide bonds. The van der Waals surface area contributed by atoms with Gasteiger partial charge in [-0.25, -0.2) is 4.39 Å². The van der Waals surface area contributed by atoms with Crippen LogP contribution in [-0.2, 0) is 0 Å². The lowest BCUT2D eigenvalue weighted by molar-refractivity contribution is 0.382. The Balaban J connectivity index is 2.66. The van der Waals surface area contributed by atoms with E-state index < -0.39 is 6.17 Å². The van der Waals surface area contributed by atoms with E-state index in [0.717, 1.165) is 5.57 Å². The summed E-state index contributed by atoms with van der Waals surface area (Å²) < 4.78 is 12.5. The van der Waals surface area contributed by atoms with Gasteiger partial charge in [0.05, 0.1) is 0 Å². The average Bonchev–Trinajstić information content (AvgIpc) is 1.77. The van der Waals surface area contributed by atoms with Crippen molar-refractivity contribution in [2.45, 2.75) is 19.5 Å². The molecule has 0 nitrogen and oxygen atoms in total. The molecule has 0 saturated heterocycles. The number of alkyl halides is 1. The average molecular weight is 112 g/mol. The van der Waals surface area contributed by atoms with E-state index in [-0.39, 0.29) is 0 Å². The summed E-state index contributed by atoms with van der Waals surface area (Å²) in [6, 6.07) is 0. The van der Waals surface area contributed by atoms with E-state index in [1.165, 1.54) is 0 Å². The molecule has 8 heavy (non-hydrogen) atoms. The van der Waals surface area contributed by atoms with Gasteiger partial charge in [-0.2, -0.15) is 0 Å². The molecule has 1 heteroatoms. The van der Waals surface area contributed by atoms with Crippen molar-refractivity contribution in [2.24, 2.45) is 0 Å². The SMILES string of the molecule is CC1=CC=CC[C@@H]1F. The Bertz CT molecular complexity index is 133. The number of allylic oxidation sites excluding steroid dienone is 4. The van der Waals surface area contributed by atoms with Crippen molar-refractivity contribution < 1.29 is 4.39 Å². The van der Waals surface area contributed by atoms with Gasteiger partial charge in [0.15, 0.2) is 0 Å². The molecule has 0 aromatic rings. The molecule has 0 N–H and O–H groups in total. The van der Waals surface area contributed by atoms with Gasteiger partial charge in [0.1, 0.15) is 6.17 Å². The van der Waals surface area contributed by atoms with Crippen LogP contribution in [-0.4, -0.2) is 6.17 Å². The Labute approximate surface area is 48.7 Å². The molecule has 0 bridgehead atoms. The molecule has 0 saturated carbocycles. The van der Waals surface area contributed by atoms with Crippen molar-refractivity contribution in [3.05, 3.63) is 23.8 Å². The lowest BCUT2D eigenvalue weighted by atomic mass is 10.1. The molecule has 1 atom stereocenters. The highest BCUT2D eigenvalue weighted by Crippen LogP contribution is 2.14. The van der Waals surface area contributed by atoms with E-state index in [9.17, 15) is 4.39 Å². The monoisotopic (exact) mass is 112 g/mol. The molecular weight excluding hydrogens is 103 g/mol. The van der Waals surface area contributed by atoms with Crippen molar-refractivity contribution in [3.63, 3.8) is 0 Å². The van der Waals surface area contributed by atoms with Gasteiger partial charge in [0.25, 0.3) is 0 Å². The Kier molecular flexibility index (Phi) is 1.47. The molecule has 0 radical (unpaired) electrons. The molecule has 0 spiro atoms. The largest absolute Gasteiger partial charge is 0.242 e. The van der Waals surface area contributed by atoms with E-state index in [0.29, 0.717) is 6.42 Å². The molecule has 44 valence electrons. The molecule has 0 heterocycles. The van der Waals surface area contributed by atoms with Gasteiger partial charge in [-0.15, -0.1) is 0 Å².